The minimum Gasteiger partial charge on any atom is -0.497 e. The van der Waals surface area contributed by atoms with Crippen molar-refractivity contribution in [1.82, 2.24) is 4.90 Å². The van der Waals surface area contributed by atoms with Gasteiger partial charge in [0.1, 0.15) is 11.4 Å². The molecule has 3 amide bonds. The summed E-state index contributed by atoms with van der Waals surface area (Å²) in [5.41, 5.74) is 2.36. The number of hydrogen-bond donors (Lipinski definition) is 2. The van der Waals surface area contributed by atoms with Gasteiger partial charge in [-0.3, -0.25) is 19.3 Å². The number of carbonyl (C=O) groups is 3. The molecule has 0 atom stereocenters. The number of imide groups is 1. The third kappa shape index (κ3) is 3.73. The summed E-state index contributed by atoms with van der Waals surface area (Å²) in [5, 5.41) is 5.75. The Labute approximate surface area is 163 Å². The molecular formula is C21H21N3O4. The maximum absolute atomic E-state index is 12.8. The van der Waals surface area contributed by atoms with Gasteiger partial charge in [0.25, 0.3) is 11.8 Å². The van der Waals surface area contributed by atoms with Crippen LogP contribution in [0.25, 0.3) is 5.57 Å². The summed E-state index contributed by atoms with van der Waals surface area (Å²) in [5.74, 6) is -0.283. The van der Waals surface area contributed by atoms with Gasteiger partial charge in [0.2, 0.25) is 5.91 Å². The summed E-state index contributed by atoms with van der Waals surface area (Å²) in [6, 6.07) is 13.9. The first kappa shape index (κ1) is 19.2. The molecule has 0 bridgehead atoms. The number of benzene rings is 2. The number of methoxy groups -OCH3 is 1. The van der Waals surface area contributed by atoms with E-state index in [4.69, 9.17) is 4.74 Å². The van der Waals surface area contributed by atoms with Crippen molar-refractivity contribution in [2.24, 2.45) is 0 Å². The van der Waals surface area contributed by atoms with Crippen LogP contribution < -0.4 is 15.4 Å². The second kappa shape index (κ2) is 7.96. The third-order valence-corrected chi connectivity index (χ3v) is 4.32. The number of ether oxygens (including phenoxy) is 1. The van der Waals surface area contributed by atoms with Crippen molar-refractivity contribution in [2.75, 3.05) is 24.3 Å². The number of rotatable bonds is 6. The van der Waals surface area contributed by atoms with Crippen molar-refractivity contribution in [1.29, 1.82) is 0 Å². The van der Waals surface area contributed by atoms with E-state index in [1.54, 1.807) is 62.6 Å². The van der Waals surface area contributed by atoms with Gasteiger partial charge in [0.15, 0.2) is 0 Å². The van der Waals surface area contributed by atoms with Gasteiger partial charge in [-0.25, -0.2) is 0 Å². The topological polar surface area (TPSA) is 87.7 Å². The molecule has 3 rings (SSSR count). The molecule has 1 aliphatic rings. The number of amides is 3. The zero-order valence-corrected chi connectivity index (χ0v) is 15.9. The molecule has 0 unspecified atom stereocenters. The van der Waals surface area contributed by atoms with Gasteiger partial charge in [0.05, 0.1) is 12.7 Å². The molecule has 0 saturated carbocycles. The number of likely N-dealkylation sites (N-methyl/N-ethyl adjacent to an activating group) is 1. The summed E-state index contributed by atoms with van der Waals surface area (Å²) in [6.45, 7) is 3.45. The van der Waals surface area contributed by atoms with Crippen LogP contribution in [0.5, 0.6) is 5.75 Å². The summed E-state index contributed by atoms with van der Waals surface area (Å²) >= 11 is 0. The Balaban J connectivity index is 2.02. The van der Waals surface area contributed by atoms with E-state index in [2.05, 4.69) is 10.6 Å². The van der Waals surface area contributed by atoms with Crippen molar-refractivity contribution in [3.63, 3.8) is 0 Å². The van der Waals surface area contributed by atoms with Crippen molar-refractivity contribution in [2.45, 2.75) is 13.8 Å². The largest absolute Gasteiger partial charge is 0.497 e. The van der Waals surface area contributed by atoms with Crippen LogP contribution in [-0.2, 0) is 14.4 Å². The van der Waals surface area contributed by atoms with E-state index in [0.29, 0.717) is 28.3 Å². The zero-order chi connectivity index (χ0) is 20.3. The number of nitrogens with zero attached hydrogens (tertiary/aromatic N) is 1. The average molecular weight is 379 g/mol. The van der Waals surface area contributed by atoms with Crippen LogP contribution in [0.1, 0.15) is 19.4 Å². The van der Waals surface area contributed by atoms with Crippen LogP contribution in [-0.4, -0.2) is 36.3 Å². The van der Waals surface area contributed by atoms with Crippen molar-refractivity contribution >= 4 is 34.7 Å². The second-order valence-corrected chi connectivity index (χ2v) is 6.22. The lowest BCUT2D eigenvalue weighted by Crippen LogP contribution is -2.32. The van der Waals surface area contributed by atoms with E-state index in [1.807, 2.05) is 0 Å². The maximum Gasteiger partial charge on any atom is 0.278 e. The second-order valence-electron chi connectivity index (χ2n) is 6.22. The van der Waals surface area contributed by atoms with E-state index in [-0.39, 0.29) is 30.0 Å². The SMILES string of the molecule is CCN1C(=O)C(Nc2cccc(OC)c2)=C(c2ccc(NC(C)=O)cc2)C1=O. The molecule has 0 radical (unpaired) electrons. The van der Waals surface area contributed by atoms with Gasteiger partial charge >= 0.3 is 0 Å². The molecule has 7 heteroatoms. The van der Waals surface area contributed by atoms with Crippen LogP contribution in [0.4, 0.5) is 11.4 Å². The van der Waals surface area contributed by atoms with Crippen LogP contribution in [0, 0.1) is 0 Å². The summed E-state index contributed by atoms with van der Waals surface area (Å²) < 4.78 is 5.21. The summed E-state index contributed by atoms with van der Waals surface area (Å²) in [7, 11) is 1.56. The predicted molar refractivity (Wildman–Crippen MR) is 107 cm³/mol. The molecule has 2 aromatic rings. The lowest BCUT2D eigenvalue weighted by molar-refractivity contribution is -0.136. The van der Waals surface area contributed by atoms with Crippen molar-refractivity contribution < 1.29 is 19.1 Å². The normalized spacial score (nSPS) is 13.8. The Kier molecular flexibility index (Phi) is 5.44. The first-order chi connectivity index (χ1) is 13.4. The molecule has 7 nitrogen and oxygen atoms in total. The minimum atomic E-state index is -0.378. The summed E-state index contributed by atoms with van der Waals surface area (Å²) in [6.07, 6.45) is 0. The number of anilines is 2. The van der Waals surface area contributed by atoms with Gasteiger partial charge < -0.3 is 15.4 Å². The third-order valence-electron chi connectivity index (χ3n) is 4.32. The lowest BCUT2D eigenvalue weighted by atomic mass is 10.0. The highest BCUT2D eigenvalue weighted by molar-refractivity contribution is 6.36. The number of nitrogens with one attached hydrogen (secondary N) is 2. The molecule has 0 spiro atoms. The molecule has 1 aliphatic heterocycles. The first-order valence-electron chi connectivity index (χ1n) is 8.84. The van der Waals surface area contributed by atoms with Crippen molar-refractivity contribution in [3.8, 4) is 5.75 Å². The number of carbonyl (C=O) groups excluding carboxylic acids is 3. The molecule has 0 fully saturated rings. The highest BCUT2D eigenvalue weighted by Crippen LogP contribution is 2.31. The quantitative estimate of drug-likeness (QED) is 0.754. The molecule has 144 valence electrons. The Bertz CT molecular complexity index is 964. The minimum absolute atomic E-state index is 0.184. The van der Waals surface area contributed by atoms with E-state index in [9.17, 15) is 14.4 Å². The first-order valence-corrected chi connectivity index (χ1v) is 8.84. The molecule has 0 aliphatic carbocycles. The van der Waals surface area contributed by atoms with Crippen molar-refractivity contribution in [3.05, 3.63) is 59.8 Å². The van der Waals surface area contributed by atoms with Gasteiger partial charge in [0, 0.05) is 30.9 Å². The monoisotopic (exact) mass is 379 g/mol. The van der Waals surface area contributed by atoms with Gasteiger partial charge in [-0.1, -0.05) is 18.2 Å². The Morgan fingerprint density at radius 3 is 2.36 bits per heavy atom. The molecule has 0 saturated heterocycles. The van der Waals surface area contributed by atoms with Crippen LogP contribution in [0.15, 0.2) is 54.2 Å². The molecule has 1 heterocycles. The predicted octanol–water partition coefficient (Wildman–Crippen LogP) is 2.87. The molecule has 2 N–H and O–H groups in total. The molecular weight excluding hydrogens is 358 g/mol. The fourth-order valence-corrected chi connectivity index (χ4v) is 3.02. The Hall–Kier alpha value is -3.61. The Morgan fingerprint density at radius 2 is 1.75 bits per heavy atom. The summed E-state index contributed by atoms with van der Waals surface area (Å²) in [4.78, 5) is 38.0. The van der Waals surface area contributed by atoms with Crippen LogP contribution in [0.2, 0.25) is 0 Å². The van der Waals surface area contributed by atoms with E-state index >= 15 is 0 Å². The molecule has 0 aromatic heterocycles. The van der Waals surface area contributed by atoms with Gasteiger partial charge in [-0.2, -0.15) is 0 Å². The van der Waals surface area contributed by atoms with E-state index < -0.39 is 0 Å². The van der Waals surface area contributed by atoms with Gasteiger partial charge in [-0.15, -0.1) is 0 Å². The maximum atomic E-state index is 12.8. The van der Waals surface area contributed by atoms with E-state index in [0.717, 1.165) is 0 Å². The zero-order valence-electron chi connectivity index (χ0n) is 15.9. The van der Waals surface area contributed by atoms with E-state index in [1.165, 1.54) is 11.8 Å². The van der Waals surface area contributed by atoms with Crippen LogP contribution in [0.3, 0.4) is 0 Å². The van der Waals surface area contributed by atoms with Crippen LogP contribution >= 0.6 is 0 Å². The smallest absolute Gasteiger partial charge is 0.278 e. The fourth-order valence-electron chi connectivity index (χ4n) is 3.02. The highest BCUT2D eigenvalue weighted by atomic mass is 16.5. The average Bonchev–Trinajstić information content (AvgIpc) is 2.91. The Morgan fingerprint density at radius 1 is 1.04 bits per heavy atom. The lowest BCUT2D eigenvalue weighted by Gasteiger charge is -2.12. The molecule has 28 heavy (non-hydrogen) atoms. The number of hydrogen-bond acceptors (Lipinski definition) is 5. The standard InChI is InChI=1S/C21H21N3O4/c1-4-24-20(26)18(14-8-10-15(11-9-14)22-13(2)25)19(21(24)27)23-16-6-5-7-17(12-16)28-3/h5-12,23H,4H2,1-3H3,(H,22,25). The molecule has 2 aromatic carbocycles. The highest BCUT2D eigenvalue weighted by Gasteiger charge is 2.38. The van der Waals surface area contributed by atoms with Gasteiger partial charge in [-0.05, 0) is 36.8 Å². The fraction of sp³-hybridized carbons (Fsp3) is 0.190.